The number of likely N-dealkylation sites (tertiary alicyclic amines) is 1. The number of hydrogen-bond acceptors (Lipinski definition) is 3. The van der Waals surface area contributed by atoms with Crippen molar-refractivity contribution in [2.24, 2.45) is 13.0 Å². The predicted octanol–water partition coefficient (Wildman–Crippen LogP) is 2.75. The van der Waals surface area contributed by atoms with Gasteiger partial charge in [0.2, 0.25) is 0 Å². The molecule has 1 fully saturated rings. The molecule has 1 amide bonds. The van der Waals surface area contributed by atoms with Gasteiger partial charge in [0.25, 0.3) is 5.91 Å². The van der Waals surface area contributed by atoms with Gasteiger partial charge in [-0.05, 0) is 43.5 Å². The van der Waals surface area contributed by atoms with Crippen LogP contribution < -0.4 is 0 Å². The molecule has 3 aromatic rings. The Morgan fingerprint density at radius 1 is 1.27 bits per heavy atom. The van der Waals surface area contributed by atoms with Crippen molar-refractivity contribution in [2.75, 3.05) is 13.1 Å². The van der Waals surface area contributed by atoms with Crippen LogP contribution >= 0.6 is 0 Å². The first-order valence-corrected chi connectivity index (χ1v) is 8.96. The molecular formula is C20H23N5O. The highest BCUT2D eigenvalue weighted by molar-refractivity contribution is 5.92. The molecule has 134 valence electrons. The van der Waals surface area contributed by atoms with E-state index >= 15 is 0 Å². The van der Waals surface area contributed by atoms with E-state index in [1.165, 1.54) is 0 Å². The van der Waals surface area contributed by atoms with Crippen molar-refractivity contribution in [1.82, 2.24) is 24.0 Å². The number of carbonyl (C=O) groups is 1. The van der Waals surface area contributed by atoms with Gasteiger partial charge in [0.05, 0.1) is 0 Å². The zero-order valence-electron chi connectivity index (χ0n) is 15.2. The van der Waals surface area contributed by atoms with Gasteiger partial charge in [0, 0.05) is 62.7 Å². The quantitative estimate of drug-likeness (QED) is 0.728. The minimum atomic E-state index is 0.122. The summed E-state index contributed by atoms with van der Waals surface area (Å²) in [5, 5.41) is 0. The molecule has 4 rings (SSSR count). The molecule has 1 unspecified atom stereocenters. The summed E-state index contributed by atoms with van der Waals surface area (Å²) >= 11 is 0. The van der Waals surface area contributed by atoms with Crippen LogP contribution in [-0.2, 0) is 13.6 Å². The van der Waals surface area contributed by atoms with E-state index < -0.39 is 0 Å². The van der Waals surface area contributed by atoms with E-state index in [-0.39, 0.29) is 5.91 Å². The van der Waals surface area contributed by atoms with Crippen LogP contribution in [0.1, 0.15) is 22.6 Å². The van der Waals surface area contributed by atoms with Crippen molar-refractivity contribution < 1.29 is 4.79 Å². The third-order valence-corrected chi connectivity index (χ3v) is 5.17. The largest absolute Gasteiger partial charge is 0.347 e. The van der Waals surface area contributed by atoms with E-state index in [0.717, 1.165) is 48.8 Å². The number of aryl methyl sites for hydroxylation is 2. The fraction of sp³-hybridized carbons (Fsp3) is 0.350. The monoisotopic (exact) mass is 349 g/mol. The molecule has 1 aliphatic rings. The minimum absolute atomic E-state index is 0.122. The molecule has 4 heterocycles. The molecule has 0 radical (unpaired) electrons. The Bertz CT molecular complexity index is 911. The first kappa shape index (κ1) is 16.6. The number of hydrogen-bond donors (Lipinski definition) is 0. The molecule has 1 saturated heterocycles. The smallest absolute Gasteiger partial charge is 0.270 e. The zero-order chi connectivity index (χ0) is 18.1. The van der Waals surface area contributed by atoms with E-state index in [1.54, 1.807) is 12.4 Å². The fourth-order valence-corrected chi connectivity index (χ4v) is 3.69. The Morgan fingerprint density at radius 3 is 2.81 bits per heavy atom. The van der Waals surface area contributed by atoms with E-state index in [2.05, 4.69) is 21.5 Å². The molecule has 0 N–H and O–H groups in total. The lowest BCUT2D eigenvalue weighted by molar-refractivity contribution is 0.0776. The van der Waals surface area contributed by atoms with Crippen LogP contribution in [0.5, 0.6) is 0 Å². The molecule has 1 atom stereocenters. The zero-order valence-corrected chi connectivity index (χ0v) is 15.2. The normalized spacial score (nSPS) is 17.0. The predicted molar refractivity (Wildman–Crippen MR) is 99.6 cm³/mol. The summed E-state index contributed by atoms with van der Waals surface area (Å²) in [6.07, 6.45) is 8.43. The Balaban J connectivity index is 1.49. The number of amides is 1. The molecular weight excluding hydrogens is 326 g/mol. The van der Waals surface area contributed by atoms with Crippen LogP contribution in [0.2, 0.25) is 0 Å². The maximum Gasteiger partial charge on any atom is 0.270 e. The van der Waals surface area contributed by atoms with Crippen molar-refractivity contribution >= 4 is 5.91 Å². The van der Waals surface area contributed by atoms with Crippen LogP contribution in [0.15, 0.2) is 49.1 Å². The number of aromatic nitrogens is 4. The summed E-state index contributed by atoms with van der Waals surface area (Å²) in [6, 6.07) is 7.77. The summed E-state index contributed by atoms with van der Waals surface area (Å²) in [4.78, 5) is 23.4. The van der Waals surface area contributed by atoms with Gasteiger partial charge >= 0.3 is 0 Å². The third kappa shape index (κ3) is 3.03. The van der Waals surface area contributed by atoms with Gasteiger partial charge in [0.1, 0.15) is 11.5 Å². The second-order valence-corrected chi connectivity index (χ2v) is 6.98. The first-order valence-electron chi connectivity index (χ1n) is 8.96. The highest BCUT2D eigenvalue weighted by Crippen LogP contribution is 2.25. The maximum atomic E-state index is 12.7. The van der Waals surface area contributed by atoms with E-state index in [0.29, 0.717) is 5.92 Å². The highest BCUT2D eigenvalue weighted by atomic mass is 16.2. The SMILES string of the molecule is Cc1cnc(-c2ccncc2)n1CC1CCN(C(=O)c2cccn2C)C1. The van der Waals surface area contributed by atoms with Gasteiger partial charge in [0.15, 0.2) is 0 Å². The number of carbonyl (C=O) groups excluding carboxylic acids is 1. The summed E-state index contributed by atoms with van der Waals surface area (Å²) in [5.41, 5.74) is 2.97. The second-order valence-electron chi connectivity index (χ2n) is 6.98. The average Bonchev–Trinajstić information content (AvgIpc) is 3.37. The van der Waals surface area contributed by atoms with Crippen LogP contribution in [0.25, 0.3) is 11.4 Å². The topological polar surface area (TPSA) is 56.0 Å². The molecule has 26 heavy (non-hydrogen) atoms. The van der Waals surface area contributed by atoms with Crippen molar-refractivity contribution in [2.45, 2.75) is 19.9 Å². The van der Waals surface area contributed by atoms with E-state index in [1.807, 2.05) is 53.2 Å². The highest BCUT2D eigenvalue weighted by Gasteiger charge is 2.29. The fourth-order valence-electron chi connectivity index (χ4n) is 3.69. The number of pyridine rings is 1. The molecule has 3 aromatic heterocycles. The second kappa shape index (κ2) is 6.78. The van der Waals surface area contributed by atoms with Gasteiger partial charge in [-0.1, -0.05) is 0 Å². The Hall–Kier alpha value is -2.89. The van der Waals surface area contributed by atoms with Gasteiger partial charge < -0.3 is 14.0 Å². The maximum absolute atomic E-state index is 12.7. The van der Waals surface area contributed by atoms with Crippen molar-refractivity contribution in [3.63, 3.8) is 0 Å². The number of nitrogens with zero attached hydrogens (tertiary/aromatic N) is 5. The Kier molecular flexibility index (Phi) is 4.32. The Labute approximate surface area is 153 Å². The molecule has 1 aliphatic heterocycles. The standard InChI is InChI=1S/C20H23N5O/c1-15-12-22-19(17-5-8-21-9-6-17)25(15)14-16-7-11-24(13-16)20(26)18-4-3-10-23(18)2/h3-6,8-10,12,16H,7,11,13-14H2,1-2H3. The molecule has 0 spiro atoms. The van der Waals surface area contributed by atoms with Crippen LogP contribution in [-0.4, -0.2) is 43.0 Å². The lowest BCUT2D eigenvalue weighted by Crippen LogP contribution is -2.30. The van der Waals surface area contributed by atoms with Gasteiger partial charge in [-0.25, -0.2) is 4.98 Å². The van der Waals surface area contributed by atoms with Gasteiger partial charge in [-0.2, -0.15) is 0 Å². The minimum Gasteiger partial charge on any atom is -0.347 e. The first-order chi connectivity index (χ1) is 12.6. The third-order valence-electron chi connectivity index (χ3n) is 5.17. The average molecular weight is 349 g/mol. The molecule has 0 saturated carbocycles. The van der Waals surface area contributed by atoms with E-state index in [4.69, 9.17) is 0 Å². The summed E-state index contributed by atoms with van der Waals surface area (Å²) in [7, 11) is 1.91. The molecule has 0 aromatic carbocycles. The summed E-state index contributed by atoms with van der Waals surface area (Å²) in [5.74, 6) is 1.53. The summed E-state index contributed by atoms with van der Waals surface area (Å²) in [6.45, 7) is 4.56. The van der Waals surface area contributed by atoms with Crippen LogP contribution in [0, 0.1) is 12.8 Å². The van der Waals surface area contributed by atoms with Gasteiger partial charge in [-0.3, -0.25) is 9.78 Å². The van der Waals surface area contributed by atoms with E-state index in [9.17, 15) is 4.79 Å². The molecule has 6 heteroatoms. The molecule has 0 bridgehead atoms. The van der Waals surface area contributed by atoms with Crippen molar-refractivity contribution in [1.29, 1.82) is 0 Å². The van der Waals surface area contributed by atoms with Gasteiger partial charge in [-0.15, -0.1) is 0 Å². The number of rotatable bonds is 4. The molecule has 0 aliphatic carbocycles. The van der Waals surface area contributed by atoms with Crippen LogP contribution in [0.3, 0.4) is 0 Å². The van der Waals surface area contributed by atoms with Crippen molar-refractivity contribution in [3.05, 3.63) is 60.4 Å². The number of imidazole rings is 1. The lowest BCUT2D eigenvalue weighted by atomic mass is 10.1. The van der Waals surface area contributed by atoms with Crippen molar-refractivity contribution in [3.8, 4) is 11.4 Å². The molecule has 6 nitrogen and oxygen atoms in total. The Morgan fingerprint density at radius 2 is 2.08 bits per heavy atom. The van der Waals surface area contributed by atoms with Crippen LogP contribution in [0.4, 0.5) is 0 Å². The lowest BCUT2D eigenvalue weighted by Gasteiger charge is -2.18. The summed E-state index contributed by atoms with van der Waals surface area (Å²) < 4.78 is 4.15.